The fourth-order valence-corrected chi connectivity index (χ4v) is 2.57. The highest BCUT2D eigenvalue weighted by Crippen LogP contribution is 2.28. The van der Waals surface area contributed by atoms with E-state index < -0.39 is 23.7 Å². The number of nitrogens with zero attached hydrogens (tertiary/aromatic N) is 4. The Balaban J connectivity index is 2.84. The van der Waals surface area contributed by atoms with Crippen molar-refractivity contribution in [1.82, 2.24) is 4.90 Å². The summed E-state index contributed by atoms with van der Waals surface area (Å²) in [5.41, 5.74) is 8.10. The van der Waals surface area contributed by atoms with Gasteiger partial charge in [0.25, 0.3) is 0 Å². The molecule has 0 aliphatic carbocycles. The molecule has 0 spiro atoms. The number of likely N-dealkylation sites (N-methyl/N-ethyl adjacent to an activating group) is 1. The van der Waals surface area contributed by atoms with Crippen molar-refractivity contribution in [1.29, 1.82) is 0 Å². The maximum Gasteiger partial charge on any atom is 0.323 e. The summed E-state index contributed by atoms with van der Waals surface area (Å²) in [5, 5.41) is 3.56. The van der Waals surface area contributed by atoms with E-state index in [0.29, 0.717) is 12.8 Å². The highest BCUT2D eigenvalue weighted by atomic mass is 16.6. The molecule has 0 N–H and O–H groups in total. The van der Waals surface area contributed by atoms with Crippen molar-refractivity contribution in [3.8, 4) is 0 Å². The van der Waals surface area contributed by atoms with E-state index in [9.17, 15) is 9.59 Å². The van der Waals surface area contributed by atoms with E-state index >= 15 is 0 Å². The van der Waals surface area contributed by atoms with Crippen LogP contribution in [0.2, 0.25) is 0 Å². The molecular formula is C14H24N4O4. The fraction of sp³-hybridized carbons (Fsp3) is 0.857. The van der Waals surface area contributed by atoms with Crippen LogP contribution in [-0.2, 0) is 19.1 Å². The van der Waals surface area contributed by atoms with Gasteiger partial charge in [-0.25, -0.2) is 0 Å². The van der Waals surface area contributed by atoms with Crippen LogP contribution < -0.4 is 0 Å². The van der Waals surface area contributed by atoms with Crippen LogP contribution in [-0.4, -0.2) is 54.2 Å². The standard InChI is InChI=1S/C14H24N4O4/c1-6-21-13(20)11(16-17-15)9-7-8-10(18(9)5)12(19)22-14(2,3)4/h9-11H,6-8H2,1-5H3/t9?,10-,11-/m1/s1. The molecular weight excluding hydrogens is 288 g/mol. The molecule has 0 saturated carbocycles. The number of hydrogen-bond acceptors (Lipinski definition) is 6. The molecule has 1 rings (SSSR count). The van der Waals surface area contributed by atoms with Gasteiger partial charge >= 0.3 is 11.9 Å². The Kier molecular flexibility index (Phi) is 6.20. The average molecular weight is 312 g/mol. The van der Waals surface area contributed by atoms with Gasteiger partial charge in [-0.3, -0.25) is 14.5 Å². The van der Waals surface area contributed by atoms with Crippen molar-refractivity contribution in [2.24, 2.45) is 5.11 Å². The van der Waals surface area contributed by atoms with E-state index in [1.54, 1.807) is 39.6 Å². The number of esters is 2. The Morgan fingerprint density at radius 2 is 2.05 bits per heavy atom. The zero-order valence-corrected chi connectivity index (χ0v) is 13.8. The molecule has 1 aliphatic rings. The third-order valence-electron chi connectivity index (χ3n) is 3.50. The first-order chi connectivity index (χ1) is 10.2. The lowest BCUT2D eigenvalue weighted by Gasteiger charge is -2.29. The number of carbonyl (C=O) groups excluding carboxylic acids is 2. The highest BCUT2D eigenvalue weighted by Gasteiger charge is 2.43. The van der Waals surface area contributed by atoms with Crippen molar-refractivity contribution in [3.63, 3.8) is 0 Å². The zero-order valence-electron chi connectivity index (χ0n) is 13.8. The minimum absolute atomic E-state index is 0.211. The number of carbonyl (C=O) groups is 2. The predicted molar refractivity (Wildman–Crippen MR) is 80.0 cm³/mol. The Hall–Kier alpha value is -1.79. The second kappa shape index (κ2) is 7.47. The van der Waals surface area contributed by atoms with E-state index in [2.05, 4.69) is 10.0 Å². The van der Waals surface area contributed by atoms with Crippen LogP contribution in [0.25, 0.3) is 10.4 Å². The molecule has 0 aromatic carbocycles. The molecule has 0 aromatic heterocycles. The van der Waals surface area contributed by atoms with Crippen LogP contribution in [0.4, 0.5) is 0 Å². The Morgan fingerprint density at radius 1 is 1.41 bits per heavy atom. The molecule has 0 amide bonds. The molecule has 3 atom stereocenters. The van der Waals surface area contributed by atoms with Gasteiger partial charge in [-0.2, -0.15) is 0 Å². The second-order valence-electron chi connectivity index (χ2n) is 6.26. The summed E-state index contributed by atoms with van der Waals surface area (Å²) in [6.45, 7) is 7.31. The average Bonchev–Trinajstić information content (AvgIpc) is 2.76. The predicted octanol–water partition coefficient (Wildman–Crippen LogP) is 2.03. The first-order valence-electron chi connectivity index (χ1n) is 7.37. The van der Waals surface area contributed by atoms with E-state index in [4.69, 9.17) is 15.0 Å². The van der Waals surface area contributed by atoms with Gasteiger partial charge in [0.2, 0.25) is 0 Å². The molecule has 0 bridgehead atoms. The van der Waals surface area contributed by atoms with Crippen LogP contribution in [0.15, 0.2) is 5.11 Å². The van der Waals surface area contributed by atoms with E-state index in [1.807, 2.05) is 0 Å². The highest BCUT2D eigenvalue weighted by molar-refractivity contribution is 5.79. The summed E-state index contributed by atoms with van der Waals surface area (Å²) in [4.78, 5) is 28.6. The largest absolute Gasteiger partial charge is 0.466 e. The molecule has 0 radical (unpaired) electrons. The molecule has 1 unspecified atom stereocenters. The first kappa shape index (κ1) is 18.3. The quantitative estimate of drug-likeness (QED) is 0.334. The molecule has 8 heteroatoms. The third kappa shape index (κ3) is 4.61. The van der Waals surface area contributed by atoms with Gasteiger partial charge in [0.15, 0.2) is 6.04 Å². The molecule has 1 heterocycles. The fourth-order valence-electron chi connectivity index (χ4n) is 2.57. The van der Waals surface area contributed by atoms with Crippen molar-refractivity contribution < 1.29 is 19.1 Å². The molecule has 1 fully saturated rings. The summed E-state index contributed by atoms with van der Waals surface area (Å²) in [6.07, 6.45) is 1.11. The lowest BCUT2D eigenvalue weighted by molar-refractivity contribution is -0.161. The van der Waals surface area contributed by atoms with Crippen molar-refractivity contribution in [3.05, 3.63) is 10.4 Å². The summed E-state index contributed by atoms with van der Waals surface area (Å²) in [6, 6.07) is -1.77. The van der Waals surface area contributed by atoms with Gasteiger partial charge in [0.1, 0.15) is 11.6 Å². The molecule has 0 aromatic rings. The number of rotatable bonds is 5. The SMILES string of the molecule is CCOC(=O)[C@H](N=[N+]=[N-])C1CC[C@H](C(=O)OC(C)(C)C)N1C. The monoisotopic (exact) mass is 312 g/mol. The molecule has 1 saturated heterocycles. The van der Waals surface area contributed by atoms with Crippen LogP contribution in [0.5, 0.6) is 0 Å². The van der Waals surface area contributed by atoms with Gasteiger partial charge in [-0.1, -0.05) is 5.11 Å². The Bertz CT molecular complexity index is 468. The lowest BCUT2D eigenvalue weighted by Crippen LogP contribution is -2.47. The number of azide groups is 1. The minimum atomic E-state index is -0.956. The second-order valence-corrected chi connectivity index (χ2v) is 6.26. The smallest absolute Gasteiger partial charge is 0.323 e. The molecule has 22 heavy (non-hydrogen) atoms. The summed E-state index contributed by atoms with van der Waals surface area (Å²) < 4.78 is 10.3. The van der Waals surface area contributed by atoms with Crippen LogP contribution >= 0.6 is 0 Å². The van der Waals surface area contributed by atoms with Gasteiger partial charge in [0.05, 0.1) is 6.61 Å². The Labute approximate surface area is 130 Å². The van der Waals surface area contributed by atoms with E-state index in [0.717, 1.165) is 0 Å². The van der Waals surface area contributed by atoms with Crippen LogP contribution in [0.3, 0.4) is 0 Å². The topological polar surface area (TPSA) is 105 Å². The van der Waals surface area contributed by atoms with Gasteiger partial charge in [-0.05, 0) is 53.1 Å². The lowest BCUT2D eigenvalue weighted by atomic mass is 10.1. The van der Waals surface area contributed by atoms with Gasteiger partial charge < -0.3 is 9.47 Å². The van der Waals surface area contributed by atoms with E-state index in [1.165, 1.54) is 0 Å². The minimum Gasteiger partial charge on any atom is -0.466 e. The summed E-state index contributed by atoms with van der Waals surface area (Å²) in [7, 11) is 1.73. The van der Waals surface area contributed by atoms with Crippen molar-refractivity contribution in [2.45, 2.75) is 64.3 Å². The molecule has 8 nitrogen and oxygen atoms in total. The number of likely N-dealkylation sites (tertiary alicyclic amines) is 1. The van der Waals surface area contributed by atoms with Gasteiger partial charge in [0, 0.05) is 11.0 Å². The zero-order chi connectivity index (χ0) is 16.9. The van der Waals surface area contributed by atoms with Crippen molar-refractivity contribution in [2.75, 3.05) is 13.7 Å². The number of hydrogen-bond donors (Lipinski definition) is 0. The molecule has 124 valence electrons. The first-order valence-corrected chi connectivity index (χ1v) is 7.37. The maximum absolute atomic E-state index is 12.2. The maximum atomic E-state index is 12.2. The summed E-state index contributed by atoms with van der Waals surface area (Å²) >= 11 is 0. The third-order valence-corrected chi connectivity index (χ3v) is 3.50. The van der Waals surface area contributed by atoms with Crippen LogP contribution in [0.1, 0.15) is 40.5 Å². The van der Waals surface area contributed by atoms with E-state index in [-0.39, 0.29) is 18.6 Å². The molecule has 1 aliphatic heterocycles. The number of ether oxygens (including phenoxy) is 2. The normalized spacial score (nSPS) is 23.5. The van der Waals surface area contributed by atoms with Crippen LogP contribution in [0, 0.1) is 0 Å². The van der Waals surface area contributed by atoms with Gasteiger partial charge in [-0.15, -0.1) is 0 Å². The van der Waals surface area contributed by atoms with Crippen molar-refractivity contribution >= 4 is 11.9 Å². The summed E-state index contributed by atoms with van der Waals surface area (Å²) in [5.74, 6) is -0.900. The Morgan fingerprint density at radius 3 is 2.55 bits per heavy atom.